The molecule has 0 aromatic rings. The average molecular weight is 536 g/mol. The molecule has 1 amide bonds. The first-order valence-electron chi connectivity index (χ1n) is 11.0. The Morgan fingerprint density at radius 1 is 0.833 bits per heavy atom. The summed E-state index contributed by atoms with van der Waals surface area (Å²) in [7, 11) is 0. The molecule has 1 aliphatic heterocycles. The summed E-state index contributed by atoms with van der Waals surface area (Å²) < 4.78 is 31.9. The Morgan fingerprint density at radius 2 is 1.33 bits per heavy atom. The van der Waals surface area contributed by atoms with Crippen molar-refractivity contribution in [3.05, 3.63) is 0 Å². The predicted molar refractivity (Wildman–Crippen MR) is 123 cm³/mol. The molecule has 0 spiro atoms. The first kappa shape index (κ1) is 31.2. The summed E-state index contributed by atoms with van der Waals surface area (Å²) >= 11 is 0.548. The summed E-state index contributed by atoms with van der Waals surface area (Å²) in [5, 5.41) is 1.78. The first-order valence-corrected chi connectivity index (χ1v) is 11.9. The molecule has 0 bridgehead atoms. The normalized spacial score (nSPS) is 24.5. The highest BCUT2D eigenvalue weighted by atomic mass is 32.2. The Labute approximate surface area is 213 Å². The van der Waals surface area contributed by atoms with Crippen LogP contribution in [0.25, 0.3) is 0 Å². The third kappa shape index (κ3) is 10.8. The smallest absolute Gasteiger partial charge is 0.408 e. The number of hydrogen-bond donors (Lipinski definition) is 1. The minimum absolute atomic E-state index is 0.422. The number of esters is 4. The molecule has 0 radical (unpaired) electrons. The Hall–Kier alpha value is -2.87. The number of carbonyl (C=O) groups is 6. The van der Waals surface area contributed by atoms with Gasteiger partial charge < -0.3 is 33.7 Å². The zero-order valence-electron chi connectivity index (χ0n) is 21.5. The molecule has 0 aromatic carbocycles. The zero-order valence-corrected chi connectivity index (χ0v) is 22.3. The van der Waals surface area contributed by atoms with Crippen LogP contribution < -0.4 is 5.32 Å². The van der Waals surface area contributed by atoms with Crippen molar-refractivity contribution >= 4 is 46.8 Å². The lowest BCUT2D eigenvalue weighted by Crippen LogP contribution is -2.62. The summed E-state index contributed by atoms with van der Waals surface area (Å²) in [6.07, 6.45) is -6.14. The molecule has 204 valence electrons. The predicted octanol–water partition coefficient (Wildman–Crippen LogP) is 1.24. The Morgan fingerprint density at radius 3 is 1.81 bits per heavy atom. The lowest BCUT2D eigenvalue weighted by molar-refractivity contribution is -0.237. The van der Waals surface area contributed by atoms with E-state index in [1.807, 2.05) is 0 Å². The topological polar surface area (TPSA) is 170 Å². The van der Waals surface area contributed by atoms with E-state index < -0.39 is 83.2 Å². The van der Waals surface area contributed by atoms with Gasteiger partial charge in [0.05, 0.1) is 6.04 Å². The maximum atomic E-state index is 12.9. The van der Waals surface area contributed by atoms with Crippen LogP contribution in [0.2, 0.25) is 0 Å². The fraction of sp³-hybridized carbons (Fsp3) is 0.727. The van der Waals surface area contributed by atoms with Gasteiger partial charge in [0.1, 0.15) is 18.3 Å². The van der Waals surface area contributed by atoms with E-state index in [0.717, 1.165) is 27.7 Å². The van der Waals surface area contributed by atoms with Crippen LogP contribution in [0.4, 0.5) is 4.79 Å². The molecule has 1 aliphatic rings. The minimum Gasteiger partial charge on any atom is -0.463 e. The maximum Gasteiger partial charge on any atom is 0.408 e. The Bertz CT molecular complexity index is 854. The van der Waals surface area contributed by atoms with Gasteiger partial charge >= 0.3 is 30.0 Å². The molecule has 36 heavy (non-hydrogen) atoms. The van der Waals surface area contributed by atoms with Crippen molar-refractivity contribution in [1.82, 2.24) is 5.32 Å². The third-order valence-electron chi connectivity index (χ3n) is 4.27. The van der Waals surface area contributed by atoms with Gasteiger partial charge in [0, 0.05) is 27.7 Å². The molecule has 0 aromatic heterocycles. The molecule has 1 saturated heterocycles. The van der Waals surface area contributed by atoms with E-state index in [2.05, 4.69) is 5.32 Å². The standard InChI is InChI=1S/C22H33NO12S/c1-10(23-21(29)35-22(6,7)8)19(28)36-20-18(33-14(5)27)17(32-13(4)26)16(31-12(3)25)15(34-20)9-30-11(2)24/h10,15-18,20H,9H2,1-8H3,(H,23,29)/t10?,15-,16-,17+,18-,20+/m1/s1. The first-order chi connectivity index (χ1) is 16.5. The number of thioether (sulfide) groups is 1. The van der Waals surface area contributed by atoms with Crippen LogP contribution in [0.15, 0.2) is 0 Å². The summed E-state index contributed by atoms with van der Waals surface area (Å²) in [6.45, 7) is 10.4. The number of ether oxygens (including phenoxy) is 6. The minimum atomic E-state index is -1.40. The van der Waals surface area contributed by atoms with Gasteiger partial charge in [-0.2, -0.15) is 0 Å². The molecular formula is C22H33NO12S. The zero-order chi connectivity index (χ0) is 27.8. The molecule has 1 fully saturated rings. The fourth-order valence-electron chi connectivity index (χ4n) is 3.04. The van der Waals surface area contributed by atoms with Crippen molar-refractivity contribution in [2.45, 2.75) is 96.9 Å². The van der Waals surface area contributed by atoms with Crippen LogP contribution in [0.3, 0.4) is 0 Å². The third-order valence-corrected chi connectivity index (χ3v) is 5.46. The molecule has 1 heterocycles. The summed E-state index contributed by atoms with van der Waals surface area (Å²) in [5.74, 6) is -3.02. The van der Waals surface area contributed by atoms with Crippen molar-refractivity contribution in [1.29, 1.82) is 0 Å². The highest BCUT2D eigenvalue weighted by Crippen LogP contribution is 2.35. The van der Waals surface area contributed by atoms with Gasteiger partial charge in [0.2, 0.25) is 5.12 Å². The van der Waals surface area contributed by atoms with Crippen molar-refractivity contribution in [2.75, 3.05) is 6.61 Å². The van der Waals surface area contributed by atoms with Crippen LogP contribution in [-0.2, 0) is 52.4 Å². The van der Waals surface area contributed by atoms with E-state index in [-0.39, 0.29) is 0 Å². The largest absolute Gasteiger partial charge is 0.463 e. The molecular weight excluding hydrogens is 502 g/mol. The fourth-order valence-corrected chi connectivity index (χ4v) is 4.08. The molecule has 0 aliphatic carbocycles. The van der Waals surface area contributed by atoms with E-state index in [1.54, 1.807) is 20.8 Å². The van der Waals surface area contributed by atoms with Crippen molar-refractivity contribution in [2.24, 2.45) is 0 Å². The number of alkyl carbamates (subject to hydrolysis) is 1. The Balaban J connectivity index is 3.26. The highest BCUT2D eigenvalue weighted by molar-refractivity contribution is 8.14. The van der Waals surface area contributed by atoms with Crippen molar-refractivity contribution in [3.63, 3.8) is 0 Å². The van der Waals surface area contributed by atoms with E-state index in [9.17, 15) is 28.8 Å². The van der Waals surface area contributed by atoms with Crippen molar-refractivity contribution < 1.29 is 57.2 Å². The van der Waals surface area contributed by atoms with Crippen LogP contribution in [0, 0.1) is 0 Å². The molecule has 6 atom stereocenters. The number of rotatable bonds is 8. The van der Waals surface area contributed by atoms with Gasteiger partial charge in [-0.05, 0) is 27.7 Å². The SMILES string of the molecule is CC(=O)OC[C@H]1O[C@@H](SC(=O)C(C)NC(=O)OC(C)(C)C)[C@H](OC(C)=O)[C@@H](OC(C)=O)[C@@H]1OC(C)=O. The molecule has 1 rings (SSSR count). The molecule has 1 unspecified atom stereocenters. The van der Waals surface area contributed by atoms with Gasteiger partial charge in [-0.15, -0.1) is 0 Å². The lowest BCUT2D eigenvalue weighted by Gasteiger charge is -2.44. The van der Waals surface area contributed by atoms with Crippen molar-refractivity contribution in [3.8, 4) is 0 Å². The van der Waals surface area contributed by atoms with Crippen LogP contribution >= 0.6 is 11.8 Å². The summed E-state index contributed by atoms with van der Waals surface area (Å²) in [4.78, 5) is 71.8. The summed E-state index contributed by atoms with van der Waals surface area (Å²) in [5.41, 5.74) is -2.08. The van der Waals surface area contributed by atoms with Crippen LogP contribution in [0.1, 0.15) is 55.4 Å². The maximum absolute atomic E-state index is 12.9. The van der Waals surface area contributed by atoms with E-state index in [4.69, 9.17) is 28.4 Å². The second-order valence-electron chi connectivity index (χ2n) is 8.87. The van der Waals surface area contributed by atoms with Crippen LogP contribution in [0.5, 0.6) is 0 Å². The van der Waals surface area contributed by atoms with E-state index in [0.29, 0.717) is 11.8 Å². The van der Waals surface area contributed by atoms with Gasteiger partial charge in [0.25, 0.3) is 0 Å². The number of carbonyl (C=O) groups excluding carboxylic acids is 6. The Kier molecular flexibility index (Phi) is 11.6. The van der Waals surface area contributed by atoms with E-state index >= 15 is 0 Å². The second kappa shape index (κ2) is 13.4. The van der Waals surface area contributed by atoms with Gasteiger partial charge in [0.15, 0.2) is 23.7 Å². The van der Waals surface area contributed by atoms with Gasteiger partial charge in [-0.25, -0.2) is 4.79 Å². The number of amides is 1. The number of nitrogens with one attached hydrogen (secondary N) is 1. The lowest BCUT2D eigenvalue weighted by atomic mass is 9.99. The summed E-state index contributed by atoms with van der Waals surface area (Å²) in [6, 6.07) is -1.06. The van der Waals surface area contributed by atoms with Crippen LogP contribution in [-0.4, -0.2) is 83.2 Å². The quantitative estimate of drug-likeness (QED) is 0.348. The monoisotopic (exact) mass is 535 g/mol. The van der Waals surface area contributed by atoms with Gasteiger partial charge in [-0.3, -0.25) is 24.0 Å². The molecule has 1 N–H and O–H groups in total. The molecule has 14 heteroatoms. The van der Waals surface area contributed by atoms with E-state index in [1.165, 1.54) is 6.92 Å². The highest BCUT2D eigenvalue weighted by Gasteiger charge is 2.53. The molecule has 13 nitrogen and oxygen atoms in total. The number of hydrogen-bond acceptors (Lipinski definition) is 13. The second-order valence-corrected chi connectivity index (χ2v) is 9.98. The van der Waals surface area contributed by atoms with Gasteiger partial charge in [-0.1, -0.05) is 11.8 Å². The average Bonchev–Trinajstić information content (AvgIpc) is 2.68. The molecule has 0 saturated carbocycles.